The number of carboxylic acids is 1. The smallest absolute Gasteiger partial charge is 0.416 e. The minimum atomic E-state index is -4.74. The van der Waals surface area contributed by atoms with E-state index in [1.54, 1.807) is 11.0 Å². The Hall–Kier alpha value is -2.63. The number of carbonyl (C=O) groups is 1. The van der Waals surface area contributed by atoms with Crippen LogP contribution in [0.15, 0.2) is 36.4 Å². The second kappa shape index (κ2) is 10.9. The number of halogens is 6. The third kappa shape index (κ3) is 6.32. The van der Waals surface area contributed by atoms with E-state index in [2.05, 4.69) is 4.90 Å². The lowest BCUT2D eigenvalue weighted by molar-refractivity contribution is -0.145. The quantitative estimate of drug-likeness (QED) is 0.471. The average Bonchev–Trinajstić information content (AvgIpc) is 2.86. The van der Waals surface area contributed by atoms with Gasteiger partial charge >= 0.3 is 18.3 Å². The Balaban J connectivity index is 1.41. The fourth-order valence-corrected chi connectivity index (χ4v) is 5.38. The maximum absolute atomic E-state index is 13.5. The first-order valence-electron chi connectivity index (χ1n) is 12.5. The number of benzene rings is 2. The molecule has 2 atom stereocenters. The lowest BCUT2D eigenvalue weighted by atomic mass is 9.90. The number of piperidine rings is 1. The molecular formula is C27H30F6N2O3. The molecule has 5 nitrogen and oxygen atoms in total. The number of nitrogens with zero attached hydrogens (tertiary/aromatic N) is 2. The SMILES string of the molecule is C[C@H](C(=O)O)[C@@H](O)c1ccc2c(c1)CN(C1CCN(Cc3cc(C(F)(F)F)ccc3C(F)(F)F)CC1)CC2. The maximum Gasteiger partial charge on any atom is 0.416 e. The minimum Gasteiger partial charge on any atom is -0.481 e. The minimum absolute atomic E-state index is 0.162. The van der Waals surface area contributed by atoms with Crippen molar-refractivity contribution in [3.8, 4) is 0 Å². The largest absolute Gasteiger partial charge is 0.481 e. The fourth-order valence-electron chi connectivity index (χ4n) is 5.38. The molecule has 0 aliphatic carbocycles. The molecule has 2 aliphatic rings. The van der Waals surface area contributed by atoms with Gasteiger partial charge in [0, 0.05) is 25.7 Å². The van der Waals surface area contributed by atoms with Crippen molar-refractivity contribution in [2.24, 2.45) is 5.92 Å². The van der Waals surface area contributed by atoms with Crippen molar-refractivity contribution in [3.05, 3.63) is 69.8 Å². The molecule has 0 saturated carbocycles. The maximum atomic E-state index is 13.5. The van der Waals surface area contributed by atoms with Crippen LogP contribution in [0.2, 0.25) is 0 Å². The first-order valence-corrected chi connectivity index (χ1v) is 12.5. The Labute approximate surface area is 216 Å². The average molecular weight is 545 g/mol. The molecule has 0 bridgehead atoms. The highest BCUT2D eigenvalue weighted by Gasteiger charge is 2.38. The summed E-state index contributed by atoms with van der Waals surface area (Å²) in [7, 11) is 0. The third-order valence-electron chi connectivity index (χ3n) is 7.68. The number of alkyl halides is 6. The van der Waals surface area contributed by atoms with E-state index < -0.39 is 41.5 Å². The normalized spacial score (nSPS) is 19.7. The van der Waals surface area contributed by atoms with Crippen molar-refractivity contribution >= 4 is 5.97 Å². The molecule has 38 heavy (non-hydrogen) atoms. The van der Waals surface area contributed by atoms with Gasteiger partial charge in [-0.3, -0.25) is 14.6 Å². The Morgan fingerprint density at radius 3 is 2.26 bits per heavy atom. The van der Waals surface area contributed by atoms with Crippen molar-refractivity contribution in [3.63, 3.8) is 0 Å². The van der Waals surface area contributed by atoms with Crippen LogP contribution in [0.4, 0.5) is 26.3 Å². The van der Waals surface area contributed by atoms with Gasteiger partial charge in [0.1, 0.15) is 0 Å². The Morgan fingerprint density at radius 2 is 1.66 bits per heavy atom. The number of hydrogen-bond acceptors (Lipinski definition) is 4. The first-order chi connectivity index (χ1) is 17.7. The molecule has 0 aromatic heterocycles. The van der Waals surface area contributed by atoms with E-state index in [4.69, 9.17) is 0 Å². The van der Waals surface area contributed by atoms with E-state index in [1.807, 2.05) is 12.1 Å². The second-order valence-electron chi connectivity index (χ2n) is 10.2. The number of carboxylic acid groups (broad SMARTS) is 1. The summed E-state index contributed by atoms with van der Waals surface area (Å²) in [6.45, 7) is 3.54. The van der Waals surface area contributed by atoms with E-state index in [0.29, 0.717) is 56.2 Å². The molecule has 11 heteroatoms. The summed E-state index contributed by atoms with van der Waals surface area (Å²) in [5.74, 6) is -2.04. The predicted molar refractivity (Wildman–Crippen MR) is 127 cm³/mol. The van der Waals surface area contributed by atoms with Gasteiger partial charge in [-0.2, -0.15) is 26.3 Å². The van der Waals surface area contributed by atoms with Crippen LogP contribution < -0.4 is 0 Å². The summed E-state index contributed by atoms with van der Waals surface area (Å²) in [5, 5.41) is 19.6. The molecule has 2 heterocycles. The molecular weight excluding hydrogens is 514 g/mol. The Morgan fingerprint density at radius 1 is 0.974 bits per heavy atom. The number of aliphatic hydroxyl groups excluding tert-OH is 1. The van der Waals surface area contributed by atoms with Gasteiger partial charge in [0.2, 0.25) is 0 Å². The highest BCUT2D eigenvalue weighted by atomic mass is 19.4. The molecule has 2 aliphatic heterocycles. The second-order valence-corrected chi connectivity index (χ2v) is 10.2. The molecule has 4 rings (SSSR count). The summed E-state index contributed by atoms with van der Waals surface area (Å²) in [4.78, 5) is 15.3. The van der Waals surface area contributed by atoms with Crippen molar-refractivity contribution in [2.45, 2.75) is 63.8 Å². The molecule has 2 aromatic rings. The standard InChI is InChI=1S/C27H30F6N2O3/c1-16(25(37)38)24(36)18-3-2-17-6-11-35(15-19(17)12-18)22-7-9-34(10-8-22)14-20-13-21(26(28,29)30)4-5-23(20)27(31,32)33/h2-5,12-13,16,22,24,36H,6-11,14-15H2,1H3,(H,37,38)/t16-,24+/m0/s1. The zero-order chi connectivity index (χ0) is 27.8. The molecule has 1 fully saturated rings. The molecule has 0 amide bonds. The monoisotopic (exact) mass is 544 g/mol. The molecule has 2 aromatic carbocycles. The van der Waals surface area contributed by atoms with Gasteiger partial charge < -0.3 is 10.2 Å². The first kappa shape index (κ1) is 28.4. The van der Waals surface area contributed by atoms with Crippen LogP contribution >= 0.6 is 0 Å². The van der Waals surface area contributed by atoms with E-state index in [-0.39, 0.29) is 18.2 Å². The van der Waals surface area contributed by atoms with Crippen molar-refractivity contribution < 1.29 is 41.4 Å². The van der Waals surface area contributed by atoms with Crippen LogP contribution in [-0.2, 0) is 36.7 Å². The predicted octanol–water partition coefficient (Wildman–Crippen LogP) is 5.50. The van der Waals surface area contributed by atoms with Crippen LogP contribution in [0.1, 0.15) is 59.3 Å². The molecule has 0 spiro atoms. The number of likely N-dealkylation sites (tertiary alicyclic amines) is 1. The molecule has 208 valence electrons. The van der Waals surface area contributed by atoms with Crippen LogP contribution in [-0.4, -0.2) is 51.7 Å². The summed E-state index contributed by atoms with van der Waals surface area (Å²) in [6, 6.07) is 7.25. The van der Waals surface area contributed by atoms with Crippen LogP contribution in [0.5, 0.6) is 0 Å². The van der Waals surface area contributed by atoms with Crippen LogP contribution in [0, 0.1) is 5.92 Å². The van der Waals surface area contributed by atoms with Gasteiger partial charge in [-0.15, -0.1) is 0 Å². The molecule has 1 saturated heterocycles. The molecule has 0 unspecified atom stereocenters. The molecule has 2 N–H and O–H groups in total. The summed E-state index contributed by atoms with van der Waals surface area (Å²) in [5.41, 5.74) is 0.157. The zero-order valence-electron chi connectivity index (χ0n) is 20.8. The van der Waals surface area contributed by atoms with E-state index in [0.717, 1.165) is 24.1 Å². The van der Waals surface area contributed by atoms with Crippen molar-refractivity contribution in [1.82, 2.24) is 9.80 Å². The van der Waals surface area contributed by atoms with Crippen LogP contribution in [0.3, 0.4) is 0 Å². The topological polar surface area (TPSA) is 64.0 Å². The highest BCUT2D eigenvalue weighted by Crippen LogP contribution is 2.37. The van der Waals surface area contributed by atoms with Gasteiger partial charge in [0.25, 0.3) is 0 Å². The Bertz CT molecular complexity index is 1160. The van der Waals surface area contributed by atoms with Gasteiger partial charge in [0.05, 0.1) is 23.1 Å². The fraction of sp³-hybridized carbons (Fsp3) is 0.519. The number of fused-ring (bicyclic) bond motifs is 1. The van der Waals surface area contributed by atoms with Gasteiger partial charge in [-0.05, 0) is 79.7 Å². The van der Waals surface area contributed by atoms with Crippen molar-refractivity contribution in [2.75, 3.05) is 19.6 Å². The summed E-state index contributed by atoms with van der Waals surface area (Å²) in [6.07, 6.45) is -8.50. The van der Waals surface area contributed by atoms with E-state index >= 15 is 0 Å². The number of hydrogen-bond donors (Lipinski definition) is 2. The van der Waals surface area contributed by atoms with Gasteiger partial charge in [0.15, 0.2) is 0 Å². The summed E-state index contributed by atoms with van der Waals surface area (Å²) < 4.78 is 79.8. The van der Waals surface area contributed by atoms with Gasteiger partial charge in [-0.1, -0.05) is 18.2 Å². The van der Waals surface area contributed by atoms with E-state index in [9.17, 15) is 41.4 Å². The number of aliphatic hydroxyl groups is 1. The Kier molecular flexibility index (Phi) is 8.11. The van der Waals surface area contributed by atoms with E-state index in [1.165, 1.54) is 6.92 Å². The zero-order valence-corrected chi connectivity index (χ0v) is 20.8. The highest BCUT2D eigenvalue weighted by molar-refractivity contribution is 5.70. The van der Waals surface area contributed by atoms with Gasteiger partial charge in [-0.25, -0.2) is 0 Å². The summed E-state index contributed by atoms with van der Waals surface area (Å²) >= 11 is 0. The van der Waals surface area contributed by atoms with Crippen molar-refractivity contribution in [1.29, 1.82) is 0 Å². The van der Waals surface area contributed by atoms with Crippen LogP contribution in [0.25, 0.3) is 0 Å². The lowest BCUT2D eigenvalue weighted by Gasteiger charge is -2.41. The number of aliphatic carboxylic acids is 1. The number of rotatable bonds is 6. The third-order valence-corrected chi connectivity index (χ3v) is 7.68. The lowest BCUT2D eigenvalue weighted by Crippen LogP contribution is -2.46. The molecule has 0 radical (unpaired) electrons.